The Morgan fingerprint density at radius 1 is 1.00 bits per heavy atom. The van der Waals surface area contributed by atoms with E-state index < -0.39 is 0 Å². The number of nitrogens with zero attached hydrogens (tertiary/aromatic N) is 3. The van der Waals surface area contributed by atoms with E-state index in [1.807, 2.05) is 35.2 Å². The number of urea groups is 1. The Labute approximate surface area is 190 Å². The van der Waals surface area contributed by atoms with Gasteiger partial charge in [0.15, 0.2) is 0 Å². The summed E-state index contributed by atoms with van der Waals surface area (Å²) >= 11 is 0. The smallest absolute Gasteiger partial charge is 0.322 e. The van der Waals surface area contributed by atoms with E-state index in [1.165, 1.54) is 0 Å². The number of hydrogen-bond acceptors (Lipinski definition) is 4. The fraction of sp³-hybridized carbons (Fsp3) is 0.423. The molecule has 1 aromatic heterocycles. The number of carbonyl (C=O) groups is 1. The van der Waals surface area contributed by atoms with Crippen LogP contribution in [0.25, 0.3) is 11.4 Å². The van der Waals surface area contributed by atoms with Crippen LogP contribution in [0.5, 0.6) is 0 Å². The molecule has 1 N–H and O–H groups in total. The van der Waals surface area contributed by atoms with Gasteiger partial charge in [-0.1, -0.05) is 81.4 Å². The molecule has 2 amide bonds. The van der Waals surface area contributed by atoms with Crippen molar-refractivity contribution in [1.29, 1.82) is 0 Å². The molecule has 0 saturated carbocycles. The number of likely N-dealkylation sites (tertiary alicyclic amines) is 1. The maximum Gasteiger partial charge on any atom is 0.322 e. The summed E-state index contributed by atoms with van der Waals surface area (Å²) in [4.78, 5) is 20.0. The maximum absolute atomic E-state index is 13.5. The summed E-state index contributed by atoms with van der Waals surface area (Å²) in [6.07, 6.45) is 2.80. The minimum atomic E-state index is -0.220. The predicted octanol–water partition coefficient (Wildman–Crippen LogP) is 6.74. The second-order valence-corrected chi connectivity index (χ2v) is 9.08. The Bertz CT molecular complexity index is 1030. The van der Waals surface area contributed by atoms with Crippen molar-refractivity contribution in [3.63, 3.8) is 0 Å². The van der Waals surface area contributed by atoms with Gasteiger partial charge in [0.25, 0.3) is 0 Å². The molecule has 1 saturated heterocycles. The van der Waals surface area contributed by atoms with Crippen LogP contribution < -0.4 is 5.32 Å². The highest BCUT2D eigenvalue weighted by atomic mass is 16.5. The van der Waals surface area contributed by atoms with Gasteiger partial charge in [0.2, 0.25) is 11.7 Å². The Balaban J connectivity index is 1.61. The minimum absolute atomic E-state index is 0.107. The molecule has 3 aromatic rings. The van der Waals surface area contributed by atoms with Crippen molar-refractivity contribution in [3.8, 4) is 11.4 Å². The summed E-state index contributed by atoms with van der Waals surface area (Å²) in [6.45, 7) is 9.29. The highest BCUT2D eigenvalue weighted by molar-refractivity contribution is 5.91. The molecule has 168 valence electrons. The topological polar surface area (TPSA) is 71.3 Å². The first-order chi connectivity index (χ1) is 15.5. The van der Waals surface area contributed by atoms with E-state index in [-0.39, 0.29) is 12.1 Å². The SMILES string of the molecule is CC(C)c1cccc(C(C)C)c1NC(=O)N1CCCCC1c1nc(-c2ccccc2)no1. The fourth-order valence-electron chi connectivity index (χ4n) is 4.38. The van der Waals surface area contributed by atoms with Crippen LogP contribution in [0.15, 0.2) is 53.1 Å². The first-order valence-corrected chi connectivity index (χ1v) is 11.5. The third-order valence-corrected chi connectivity index (χ3v) is 6.13. The zero-order valence-electron chi connectivity index (χ0n) is 19.3. The van der Waals surface area contributed by atoms with E-state index in [0.717, 1.165) is 41.6 Å². The molecule has 0 aliphatic carbocycles. The van der Waals surface area contributed by atoms with Gasteiger partial charge < -0.3 is 14.7 Å². The number of aromatic nitrogens is 2. The van der Waals surface area contributed by atoms with Gasteiger partial charge in [-0.25, -0.2) is 4.79 Å². The van der Waals surface area contributed by atoms with Gasteiger partial charge in [-0.05, 0) is 42.2 Å². The van der Waals surface area contributed by atoms with Gasteiger partial charge in [0.1, 0.15) is 6.04 Å². The number of piperidine rings is 1. The van der Waals surface area contributed by atoms with Crippen molar-refractivity contribution in [3.05, 3.63) is 65.5 Å². The first kappa shape index (κ1) is 22.1. The summed E-state index contributed by atoms with van der Waals surface area (Å²) in [6, 6.07) is 15.7. The van der Waals surface area contributed by atoms with Crippen LogP contribution in [0.4, 0.5) is 10.5 Å². The average Bonchev–Trinajstić information content (AvgIpc) is 3.29. The van der Waals surface area contributed by atoms with Gasteiger partial charge in [-0.2, -0.15) is 4.98 Å². The molecular weight excluding hydrogens is 400 g/mol. The molecule has 1 atom stereocenters. The largest absolute Gasteiger partial charge is 0.337 e. The third kappa shape index (κ3) is 4.54. The number of carbonyl (C=O) groups excluding carboxylic acids is 1. The quantitative estimate of drug-likeness (QED) is 0.484. The van der Waals surface area contributed by atoms with Crippen LogP contribution in [-0.2, 0) is 0 Å². The van der Waals surface area contributed by atoms with Gasteiger partial charge in [-0.15, -0.1) is 0 Å². The third-order valence-electron chi connectivity index (χ3n) is 6.13. The van der Waals surface area contributed by atoms with E-state index >= 15 is 0 Å². The van der Waals surface area contributed by atoms with Crippen molar-refractivity contribution >= 4 is 11.7 Å². The zero-order chi connectivity index (χ0) is 22.7. The number of anilines is 1. The lowest BCUT2D eigenvalue weighted by Crippen LogP contribution is -2.41. The molecule has 1 aliphatic rings. The van der Waals surface area contributed by atoms with Crippen LogP contribution in [0, 0.1) is 0 Å². The van der Waals surface area contributed by atoms with E-state index in [1.54, 1.807) is 0 Å². The number of amides is 2. The Hall–Kier alpha value is -3.15. The molecule has 1 aliphatic heterocycles. The molecule has 6 heteroatoms. The highest BCUT2D eigenvalue weighted by Crippen LogP contribution is 2.35. The van der Waals surface area contributed by atoms with Gasteiger partial charge in [0.05, 0.1) is 0 Å². The van der Waals surface area contributed by atoms with Crippen molar-refractivity contribution < 1.29 is 9.32 Å². The van der Waals surface area contributed by atoms with E-state index in [4.69, 9.17) is 4.52 Å². The second kappa shape index (κ2) is 9.55. The van der Waals surface area contributed by atoms with E-state index in [2.05, 4.69) is 61.4 Å². The second-order valence-electron chi connectivity index (χ2n) is 9.08. The molecule has 4 rings (SSSR count). The summed E-state index contributed by atoms with van der Waals surface area (Å²) in [5.74, 6) is 1.68. The van der Waals surface area contributed by atoms with Crippen molar-refractivity contribution in [2.24, 2.45) is 0 Å². The first-order valence-electron chi connectivity index (χ1n) is 11.5. The number of rotatable bonds is 5. The molecule has 0 radical (unpaired) electrons. The molecular formula is C26H32N4O2. The molecule has 2 aromatic carbocycles. The predicted molar refractivity (Wildman–Crippen MR) is 127 cm³/mol. The molecule has 32 heavy (non-hydrogen) atoms. The van der Waals surface area contributed by atoms with Crippen molar-refractivity contribution in [2.45, 2.75) is 64.8 Å². The summed E-state index contributed by atoms with van der Waals surface area (Å²) in [5.41, 5.74) is 4.15. The highest BCUT2D eigenvalue weighted by Gasteiger charge is 2.33. The van der Waals surface area contributed by atoms with Crippen LogP contribution in [0.1, 0.15) is 81.9 Å². The lowest BCUT2D eigenvalue weighted by Gasteiger charge is -2.34. The molecule has 6 nitrogen and oxygen atoms in total. The monoisotopic (exact) mass is 432 g/mol. The number of benzene rings is 2. The number of para-hydroxylation sites is 1. The van der Waals surface area contributed by atoms with Gasteiger partial charge in [-0.3, -0.25) is 0 Å². The molecule has 0 bridgehead atoms. The van der Waals surface area contributed by atoms with Gasteiger partial charge >= 0.3 is 6.03 Å². The van der Waals surface area contributed by atoms with Crippen LogP contribution in [-0.4, -0.2) is 27.6 Å². The fourth-order valence-corrected chi connectivity index (χ4v) is 4.38. The summed E-state index contributed by atoms with van der Waals surface area (Å²) in [7, 11) is 0. The summed E-state index contributed by atoms with van der Waals surface area (Å²) < 4.78 is 5.63. The zero-order valence-corrected chi connectivity index (χ0v) is 19.3. The Morgan fingerprint density at radius 2 is 1.69 bits per heavy atom. The van der Waals surface area contributed by atoms with E-state index in [0.29, 0.717) is 30.1 Å². The Kier molecular flexibility index (Phi) is 6.58. The molecule has 0 spiro atoms. The van der Waals surface area contributed by atoms with E-state index in [9.17, 15) is 4.79 Å². The molecule has 1 unspecified atom stereocenters. The maximum atomic E-state index is 13.5. The van der Waals surface area contributed by atoms with Crippen molar-refractivity contribution in [1.82, 2.24) is 15.0 Å². The minimum Gasteiger partial charge on any atom is -0.337 e. The van der Waals surface area contributed by atoms with Crippen LogP contribution in [0.2, 0.25) is 0 Å². The van der Waals surface area contributed by atoms with Crippen molar-refractivity contribution in [2.75, 3.05) is 11.9 Å². The number of nitrogens with one attached hydrogen (secondary N) is 1. The standard InChI is InChI=1S/C26H32N4O2/c1-17(2)20-13-10-14-21(18(3)4)23(20)27-26(31)30-16-9-8-15-22(30)25-28-24(29-32-25)19-11-6-5-7-12-19/h5-7,10-14,17-18,22H,8-9,15-16H2,1-4H3,(H,27,31). The lowest BCUT2D eigenvalue weighted by atomic mass is 9.92. The summed E-state index contributed by atoms with van der Waals surface area (Å²) in [5, 5.41) is 7.42. The molecule has 1 fully saturated rings. The number of hydrogen-bond donors (Lipinski definition) is 1. The lowest BCUT2D eigenvalue weighted by molar-refractivity contribution is 0.142. The van der Waals surface area contributed by atoms with Crippen LogP contribution in [0.3, 0.4) is 0 Å². The average molecular weight is 433 g/mol. The van der Waals surface area contributed by atoms with Crippen LogP contribution >= 0.6 is 0 Å². The van der Waals surface area contributed by atoms with Gasteiger partial charge in [0, 0.05) is 17.8 Å². The Morgan fingerprint density at radius 3 is 2.34 bits per heavy atom. The normalized spacial score (nSPS) is 16.6. The molecule has 2 heterocycles.